The van der Waals surface area contributed by atoms with Crippen LogP contribution in [0.15, 0.2) is 45.8 Å². The first-order chi connectivity index (χ1) is 14.6. The maximum Gasteiger partial charge on any atom is 0.287 e. The van der Waals surface area contributed by atoms with Crippen LogP contribution < -0.4 is 10.5 Å². The zero-order chi connectivity index (χ0) is 21.1. The van der Waals surface area contributed by atoms with E-state index in [9.17, 15) is 4.79 Å². The molecule has 3 heterocycles. The lowest BCUT2D eigenvalue weighted by atomic mass is 10.2. The van der Waals surface area contributed by atoms with Crippen LogP contribution in [0.1, 0.15) is 37.2 Å². The summed E-state index contributed by atoms with van der Waals surface area (Å²) in [5, 5.41) is 8.56. The van der Waals surface area contributed by atoms with Gasteiger partial charge in [-0.1, -0.05) is 54.0 Å². The monoisotopic (exact) mass is 428 g/mol. The molecule has 30 heavy (non-hydrogen) atoms. The Hall–Kier alpha value is -2.71. The minimum atomic E-state index is -0.272. The van der Waals surface area contributed by atoms with Crippen LogP contribution in [0.3, 0.4) is 0 Å². The number of nitrogens with zero attached hydrogens (tertiary/aromatic N) is 6. The average molecular weight is 429 g/mol. The van der Waals surface area contributed by atoms with Gasteiger partial charge in [0.2, 0.25) is 5.89 Å². The number of aromatic nitrogens is 4. The molecular weight excluding hydrogens is 404 g/mol. The summed E-state index contributed by atoms with van der Waals surface area (Å²) in [6.07, 6.45) is 2.45. The highest BCUT2D eigenvalue weighted by Crippen LogP contribution is 2.25. The maximum absolute atomic E-state index is 12.7. The summed E-state index contributed by atoms with van der Waals surface area (Å²) >= 11 is 6.45. The lowest BCUT2D eigenvalue weighted by Gasteiger charge is -2.38. The van der Waals surface area contributed by atoms with Crippen molar-refractivity contribution in [1.29, 1.82) is 0 Å². The Morgan fingerprint density at radius 1 is 1.17 bits per heavy atom. The molecule has 0 amide bonds. The number of halogens is 1. The summed E-state index contributed by atoms with van der Waals surface area (Å²) in [5.41, 5.74) is 1.42. The van der Waals surface area contributed by atoms with E-state index in [0.29, 0.717) is 18.1 Å². The lowest BCUT2D eigenvalue weighted by molar-refractivity contribution is 0.164. The quantitative estimate of drug-likeness (QED) is 0.597. The molecule has 0 bridgehead atoms. The van der Waals surface area contributed by atoms with Crippen LogP contribution in [-0.4, -0.2) is 51.0 Å². The predicted molar refractivity (Wildman–Crippen MR) is 115 cm³/mol. The summed E-state index contributed by atoms with van der Waals surface area (Å²) in [6.45, 7) is 7.55. The molecule has 158 valence electrons. The van der Waals surface area contributed by atoms with Crippen LogP contribution in [0.4, 0.5) is 5.69 Å². The second-order valence-electron chi connectivity index (χ2n) is 7.39. The highest BCUT2D eigenvalue weighted by Gasteiger charge is 2.27. The fourth-order valence-electron chi connectivity index (χ4n) is 3.63. The number of benzene rings is 1. The van der Waals surface area contributed by atoms with Gasteiger partial charge in [-0.3, -0.25) is 9.69 Å². The average Bonchev–Trinajstić information content (AvgIpc) is 3.27. The second-order valence-corrected chi connectivity index (χ2v) is 7.77. The third-order valence-electron chi connectivity index (χ3n) is 5.50. The fraction of sp³-hybridized carbons (Fsp3) is 0.429. The van der Waals surface area contributed by atoms with E-state index in [2.05, 4.69) is 32.0 Å². The molecule has 3 aromatic rings. The largest absolute Gasteiger partial charge is 0.366 e. The summed E-state index contributed by atoms with van der Waals surface area (Å²) < 4.78 is 6.79. The van der Waals surface area contributed by atoms with Crippen molar-refractivity contribution >= 4 is 17.3 Å². The van der Waals surface area contributed by atoms with E-state index < -0.39 is 0 Å². The Labute approximate surface area is 180 Å². The summed E-state index contributed by atoms with van der Waals surface area (Å²) in [5.74, 6) is 1.37. The van der Waals surface area contributed by atoms with E-state index in [-0.39, 0.29) is 16.6 Å². The van der Waals surface area contributed by atoms with Crippen LogP contribution in [0.25, 0.3) is 0 Å². The minimum absolute atomic E-state index is 0.0485. The summed E-state index contributed by atoms with van der Waals surface area (Å²) in [6, 6.07) is 9.79. The van der Waals surface area contributed by atoms with Gasteiger partial charge in [0.15, 0.2) is 5.82 Å². The molecular formula is C21H25ClN6O2. The van der Waals surface area contributed by atoms with Crippen molar-refractivity contribution in [3.63, 3.8) is 0 Å². The number of piperazine rings is 1. The van der Waals surface area contributed by atoms with Gasteiger partial charge >= 0.3 is 0 Å². The lowest BCUT2D eigenvalue weighted by Crippen LogP contribution is -2.47. The fourth-order valence-corrected chi connectivity index (χ4v) is 3.90. The number of hydrogen-bond acceptors (Lipinski definition) is 7. The molecule has 0 radical (unpaired) electrons. The number of aryl methyl sites for hydroxylation is 1. The first kappa shape index (κ1) is 20.6. The molecule has 0 N–H and O–H groups in total. The van der Waals surface area contributed by atoms with Crippen LogP contribution in [0.2, 0.25) is 5.02 Å². The van der Waals surface area contributed by atoms with Gasteiger partial charge in [-0.25, -0.2) is 4.68 Å². The molecule has 1 saturated heterocycles. The SMILES string of the molecule is CCc1noc(C(C)N2CCN(c3cnn(Cc4ccccc4)c(=O)c3Cl)CC2)n1. The molecule has 2 aromatic heterocycles. The Bertz CT molecular complexity index is 1040. The molecule has 1 aromatic carbocycles. The van der Waals surface area contributed by atoms with Crippen LogP contribution in [-0.2, 0) is 13.0 Å². The molecule has 8 nitrogen and oxygen atoms in total. The van der Waals surface area contributed by atoms with Crippen molar-refractivity contribution in [3.05, 3.63) is 69.2 Å². The van der Waals surface area contributed by atoms with Gasteiger partial charge in [0.1, 0.15) is 5.02 Å². The molecule has 9 heteroatoms. The normalized spacial score (nSPS) is 16.0. The Balaban J connectivity index is 1.43. The van der Waals surface area contributed by atoms with Crippen molar-refractivity contribution in [2.75, 3.05) is 31.1 Å². The topological polar surface area (TPSA) is 80.3 Å². The molecule has 1 atom stereocenters. The van der Waals surface area contributed by atoms with E-state index in [1.807, 2.05) is 37.3 Å². The predicted octanol–water partition coefficient (Wildman–Crippen LogP) is 2.77. The van der Waals surface area contributed by atoms with Gasteiger partial charge in [0.25, 0.3) is 5.56 Å². The highest BCUT2D eigenvalue weighted by molar-refractivity contribution is 6.33. The van der Waals surface area contributed by atoms with Crippen LogP contribution in [0.5, 0.6) is 0 Å². The first-order valence-electron chi connectivity index (χ1n) is 10.2. The van der Waals surface area contributed by atoms with E-state index in [0.717, 1.165) is 44.0 Å². The molecule has 0 saturated carbocycles. The third-order valence-corrected chi connectivity index (χ3v) is 5.86. The third kappa shape index (κ3) is 4.24. The minimum Gasteiger partial charge on any atom is -0.366 e. The number of hydrogen-bond donors (Lipinski definition) is 0. The summed E-state index contributed by atoms with van der Waals surface area (Å²) in [4.78, 5) is 21.6. The maximum atomic E-state index is 12.7. The van der Waals surface area contributed by atoms with Gasteiger partial charge < -0.3 is 9.42 Å². The highest BCUT2D eigenvalue weighted by atomic mass is 35.5. The molecule has 1 aliphatic heterocycles. The van der Waals surface area contributed by atoms with Crippen LogP contribution in [0, 0.1) is 0 Å². The van der Waals surface area contributed by atoms with Crippen LogP contribution >= 0.6 is 11.6 Å². The number of anilines is 1. The van der Waals surface area contributed by atoms with E-state index in [1.165, 1.54) is 4.68 Å². The second kappa shape index (κ2) is 8.97. The zero-order valence-corrected chi connectivity index (χ0v) is 17.9. The van der Waals surface area contributed by atoms with Crippen molar-refractivity contribution < 1.29 is 4.52 Å². The van der Waals surface area contributed by atoms with E-state index in [4.69, 9.17) is 16.1 Å². The van der Waals surface area contributed by atoms with Crippen molar-refractivity contribution in [3.8, 4) is 0 Å². The molecule has 0 aliphatic carbocycles. The van der Waals surface area contributed by atoms with Gasteiger partial charge in [0, 0.05) is 32.6 Å². The van der Waals surface area contributed by atoms with E-state index >= 15 is 0 Å². The van der Waals surface area contributed by atoms with Gasteiger partial charge in [0.05, 0.1) is 24.5 Å². The zero-order valence-electron chi connectivity index (χ0n) is 17.2. The standard InChI is InChI=1S/C21H25ClN6O2/c1-3-18-24-20(30-25-18)15(2)26-9-11-27(12-10-26)17-13-23-28(21(29)19(17)22)14-16-7-5-4-6-8-16/h4-8,13,15H,3,9-12,14H2,1-2H3. The van der Waals surface area contributed by atoms with Gasteiger partial charge in [-0.2, -0.15) is 10.1 Å². The smallest absolute Gasteiger partial charge is 0.287 e. The Morgan fingerprint density at radius 3 is 2.57 bits per heavy atom. The molecule has 1 fully saturated rings. The molecule has 4 rings (SSSR count). The Morgan fingerprint density at radius 2 is 1.90 bits per heavy atom. The number of rotatable bonds is 6. The van der Waals surface area contributed by atoms with Gasteiger partial charge in [-0.15, -0.1) is 0 Å². The molecule has 1 aliphatic rings. The summed E-state index contributed by atoms with van der Waals surface area (Å²) in [7, 11) is 0. The molecule has 1 unspecified atom stereocenters. The molecule has 0 spiro atoms. The Kier molecular flexibility index (Phi) is 6.15. The van der Waals surface area contributed by atoms with Crippen molar-refractivity contribution in [1.82, 2.24) is 24.8 Å². The first-order valence-corrected chi connectivity index (χ1v) is 10.6. The van der Waals surface area contributed by atoms with E-state index in [1.54, 1.807) is 6.20 Å². The van der Waals surface area contributed by atoms with Gasteiger partial charge in [-0.05, 0) is 12.5 Å². The van der Waals surface area contributed by atoms with Crippen molar-refractivity contribution in [2.24, 2.45) is 0 Å². The van der Waals surface area contributed by atoms with Crippen molar-refractivity contribution in [2.45, 2.75) is 32.9 Å².